The maximum absolute atomic E-state index is 2.43. The minimum atomic E-state index is -2.39. The summed E-state index contributed by atoms with van der Waals surface area (Å²) in [6, 6.07) is 44.5. The fourth-order valence-electron chi connectivity index (χ4n) is 4.72. The molecular weight excluding hydrogens is 352 g/mol. The van der Waals surface area contributed by atoms with Crippen LogP contribution in [0.1, 0.15) is 19.4 Å². The van der Waals surface area contributed by atoms with E-state index in [0.29, 0.717) is 0 Å². The summed E-state index contributed by atoms with van der Waals surface area (Å²) >= 11 is 0. The van der Waals surface area contributed by atoms with Crippen molar-refractivity contribution in [3.63, 3.8) is 0 Å². The molecular formula is C27H26Si. The summed E-state index contributed by atoms with van der Waals surface area (Å²) in [4.78, 5) is 0. The predicted octanol–water partition coefficient (Wildman–Crippen LogP) is 4.67. The third-order valence-electron chi connectivity index (χ3n) is 6.05. The van der Waals surface area contributed by atoms with Gasteiger partial charge in [0.15, 0.2) is 8.07 Å². The molecule has 0 heterocycles. The minimum Gasteiger partial charge on any atom is -0.0624 e. The van der Waals surface area contributed by atoms with E-state index in [4.69, 9.17) is 0 Å². The van der Waals surface area contributed by atoms with Crippen LogP contribution < -0.4 is 15.6 Å². The third kappa shape index (κ3) is 2.92. The Morgan fingerprint density at radius 2 is 0.714 bits per heavy atom. The van der Waals surface area contributed by atoms with Crippen LogP contribution in [-0.2, 0) is 5.04 Å². The molecule has 1 heteroatoms. The third-order valence-corrected chi connectivity index (χ3v) is 11.8. The molecule has 0 spiro atoms. The fraction of sp³-hybridized carbons (Fsp3) is 0.111. The first kappa shape index (κ1) is 18.5. The van der Waals surface area contributed by atoms with E-state index in [0.717, 1.165) is 0 Å². The molecule has 0 nitrogen and oxygen atoms in total. The summed E-state index contributed by atoms with van der Waals surface area (Å²) in [5.74, 6) is 0. The Morgan fingerprint density at radius 3 is 1.04 bits per heavy atom. The Labute approximate surface area is 169 Å². The summed E-state index contributed by atoms with van der Waals surface area (Å²) < 4.78 is 0. The van der Waals surface area contributed by atoms with E-state index in [1.807, 2.05) is 0 Å². The number of hydrogen-bond donors (Lipinski definition) is 0. The van der Waals surface area contributed by atoms with E-state index < -0.39 is 8.07 Å². The molecule has 0 aliphatic carbocycles. The van der Waals surface area contributed by atoms with Crippen LogP contribution in [0.15, 0.2) is 121 Å². The van der Waals surface area contributed by atoms with Gasteiger partial charge in [-0.05, 0) is 26.2 Å². The molecule has 0 saturated heterocycles. The van der Waals surface area contributed by atoms with Crippen molar-refractivity contribution >= 4 is 23.6 Å². The summed E-state index contributed by atoms with van der Waals surface area (Å²) in [6.45, 7) is 4.86. The topological polar surface area (TPSA) is 0 Å². The highest BCUT2D eigenvalue weighted by atomic mass is 28.3. The number of rotatable bonds is 5. The second-order valence-electron chi connectivity index (χ2n) is 7.84. The van der Waals surface area contributed by atoms with Gasteiger partial charge in [0.2, 0.25) is 0 Å². The monoisotopic (exact) mass is 378 g/mol. The van der Waals surface area contributed by atoms with Gasteiger partial charge in [-0.1, -0.05) is 135 Å². The van der Waals surface area contributed by atoms with Gasteiger partial charge < -0.3 is 0 Å². The summed E-state index contributed by atoms with van der Waals surface area (Å²) in [6.07, 6.45) is 0. The van der Waals surface area contributed by atoms with Crippen LogP contribution in [0.5, 0.6) is 0 Å². The highest BCUT2D eigenvalue weighted by molar-refractivity contribution is 7.13. The van der Waals surface area contributed by atoms with E-state index in [1.165, 1.54) is 21.1 Å². The first-order valence-electron chi connectivity index (χ1n) is 9.89. The second-order valence-corrected chi connectivity index (χ2v) is 12.3. The van der Waals surface area contributed by atoms with Crippen molar-refractivity contribution in [1.29, 1.82) is 0 Å². The fourth-order valence-corrected chi connectivity index (χ4v) is 10.6. The molecule has 0 aliphatic heterocycles. The lowest BCUT2D eigenvalue weighted by atomic mass is 10.0. The quantitative estimate of drug-likeness (QED) is 0.350. The van der Waals surface area contributed by atoms with Crippen LogP contribution in [-0.4, -0.2) is 8.07 Å². The van der Waals surface area contributed by atoms with Crippen LogP contribution in [0.25, 0.3) is 0 Å². The van der Waals surface area contributed by atoms with Gasteiger partial charge in [0.25, 0.3) is 0 Å². The SMILES string of the molecule is CC(C)(c1ccccc1)[Si](c1ccccc1)(c1ccccc1)c1ccccc1. The zero-order chi connectivity index (χ0) is 19.5. The first-order chi connectivity index (χ1) is 13.7. The van der Waals surface area contributed by atoms with Crippen LogP contribution >= 0.6 is 0 Å². The molecule has 0 radical (unpaired) electrons. The van der Waals surface area contributed by atoms with Gasteiger partial charge in [-0.3, -0.25) is 0 Å². The number of hydrogen-bond acceptors (Lipinski definition) is 0. The van der Waals surface area contributed by atoms with E-state index in [2.05, 4.69) is 135 Å². The molecule has 0 bridgehead atoms. The average Bonchev–Trinajstić information content (AvgIpc) is 2.77. The molecule has 138 valence electrons. The molecule has 0 amide bonds. The van der Waals surface area contributed by atoms with Crippen molar-refractivity contribution in [2.45, 2.75) is 18.9 Å². The smallest absolute Gasteiger partial charge is 0.0624 e. The van der Waals surface area contributed by atoms with Crippen molar-refractivity contribution < 1.29 is 0 Å². The van der Waals surface area contributed by atoms with Gasteiger partial charge >= 0.3 is 0 Å². The van der Waals surface area contributed by atoms with Crippen LogP contribution in [0.3, 0.4) is 0 Å². The minimum absolute atomic E-state index is 0.0433. The van der Waals surface area contributed by atoms with Crippen LogP contribution in [0.4, 0.5) is 0 Å². The van der Waals surface area contributed by atoms with Crippen molar-refractivity contribution in [1.82, 2.24) is 0 Å². The maximum atomic E-state index is 2.43. The zero-order valence-corrected chi connectivity index (χ0v) is 17.5. The predicted molar refractivity (Wildman–Crippen MR) is 123 cm³/mol. The molecule has 0 aromatic heterocycles. The standard InChI is InChI=1S/C27H26Si/c1-27(2,23-15-7-3-8-16-23)28(24-17-9-4-10-18-24,25-19-11-5-12-20-25)26-21-13-6-14-22-26/h3-22H,1-2H3. The van der Waals surface area contributed by atoms with Crippen LogP contribution in [0.2, 0.25) is 0 Å². The molecule has 0 N–H and O–H groups in total. The van der Waals surface area contributed by atoms with Gasteiger partial charge in [-0.25, -0.2) is 0 Å². The van der Waals surface area contributed by atoms with E-state index in [1.54, 1.807) is 0 Å². The summed E-state index contributed by atoms with van der Waals surface area (Å²) in [5, 5.41) is 4.29. The van der Waals surface area contributed by atoms with Gasteiger partial charge in [0, 0.05) is 0 Å². The molecule has 0 unspecified atom stereocenters. The maximum Gasteiger partial charge on any atom is 0.158 e. The van der Waals surface area contributed by atoms with Crippen LogP contribution in [0, 0.1) is 0 Å². The largest absolute Gasteiger partial charge is 0.158 e. The Bertz CT molecular complexity index is 910. The Kier molecular flexibility index (Phi) is 5.02. The normalized spacial score (nSPS) is 11.9. The Morgan fingerprint density at radius 1 is 0.429 bits per heavy atom. The summed E-state index contributed by atoms with van der Waals surface area (Å²) in [7, 11) is -2.39. The van der Waals surface area contributed by atoms with Crippen molar-refractivity contribution in [3.05, 3.63) is 127 Å². The zero-order valence-electron chi connectivity index (χ0n) is 16.5. The van der Waals surface area contributed by atoms with Gasteiger partial charge in [-0.15, -0.1) is 0 Å². The average molecular weight is 379 g/mol. The molecule has 0 fully saturated rings. The number of benzene rings is 4. The second kappa shape index (κ2) is 7.61. The Balaban J connectivity index is 2.14. The molecule has 0 aliphatic rings. The van der Waals surface area contributed by atoms with Gasteiger partial charge in [0.05, 0.1) is 0 Å². The highest BCUT2D eigenvalue weighted by Crippen LogP contribution is 2.33. The van der Waals surface area contributed by atoms with E-state index >= 15 is 0 Å². The van der Waals surface area contributed by atoms with Gasteiger partial charge in [0.1, 0.15) is 0 Å². The molecule has 4 aromatic carbocycles. The van der Waals surface area contributed by atoms with Crippen molar-refractivity contribution in [2.24, 2.45) is 0 Å². The lowest BCUT2D eigenvalue weighted by Crippen LogP contribution is -2.76. The van der Waals surface area contributed by atoms with Gasteiger partial charge in [-0.2, -0.15) is 0 Å². The van der Waals surface area contributed by atoms with Crippen molar-refractivity contribution in [2.75, 3.05) is 0 Å². The molecule has 0 atom stereocenters. The molecule has 4 aromatic rings. The lowest BCUT2D eigenvalue weighted by Gasteiger charge is -2.47. The van der Waals surface area contributed by atoms with E-state index in [9.17, 15) is 0 Å². The lowest BCUT2D eigenvalue weighted by molar-refractivity contribution is 0.736. The molecule has 28 heavy (non-hydrogen) atoms. The summed E-state index contributed by atoms with van der Waals surface area (Å²) in [5.41, 5.74) is 1.39. The highest BCUT2D eigenvalue weighted by Gasteiger charge is 2.52. The molecule has 4 rings (SSSR count). The Hall–Kier alpha value is -2.90. The molecule has 0 saturated carbocycles. The van der Waals surface area contributed by atoms with Crippen molar-refractivity contribution in [3.8, 4) is 0 Å². The van der Waals surface area contributed by atoms with E-state index in [-0.39, 0.29) is 5.04 Å². The first-order valence-corrected chi connectivity index (χ1v) is 11.9.